The normalized spacial score (nSPS) is 14.1. The molecule has 0 atom stereocenters. The lowest BCUT2D eigenvalue weighted by Crippen LogP contribution is -2.47. The van der Waals surface area contributed by atoms with Crippen LogP contribution in [0.5, 0.6) is 5.75 Å². The Labute approximate surface area is 168 Å². The third-order valence-corrected chi connectivity index (χ3v) is 4.75. The van der Waals surface area contributed by atoms with E-state index in [2.05, 4.69) is 35.1 Å². The topological polar surface area (TPSA) is 79.3 Å². The number of aromatic nitrogens is 4. The second-order valence-electron chi connectivity index (χ2n) is 6.25. The van der Waals surface area contributed by atoms with Gasteiger partial charge < -0.3 is 19.9 Å². The number of nitrogens with zero attached hydrogens (tertiary/aromatic N) is 6. The first-order valence-corrected chi connectivity index (χ1v) is 9.30. The molecule has 1 aliphatic heterocycles. The Bertz CT molecular complexity index is 933. The van der Waals surface area contributed by atoms with Gasteiger partial charge in [0.05, 0.1) is 12.8 Å². The van der Waals surface area contributed by atoms with Crippen LogP contribution in [-0.2, 0) is 0 Å². The SMILES string of the molecule is COc1ccc(Cl)cc1Nc1cc(N2CCN(c3ncccn3)CC2)ncn1. The molecule has 0 radical (unpaired) electrons. The van der Waals surface area contributed by atoms with Crippen molar-refractivity contribution in [2.45, 2.75) is 0 Å². The van der Waals surface area contributed by atoms with Crippen LogP contribution in [0.4, 0.5) is 23.3 Å². The molecule has 2 aromatic heterocycles. The van der Waals surface area contributed by atoms with E-state index in [1.54, 1.807) is 38.0 Å². The van der Waals surface area contributed by atoms with Crippen LogP contribution in [0.1, 0.15) is 0 Å². The monoisotopic (exact) mass is 397 g/mol. The van der Waals surface area contributed by atoms with Crippen molar-refractivity contribution >= 4 is 34.9 Å². The van der Waals surface area contributed by atoms with Crippen molar-refractivity contribution in [3.63, 3.8) is 0 Å². The van der Waals surface area contributed by atoms with E-state index in [4.69, 9.17) is 16.3 Å². The third kappa shape index (κ3) is 4.07. The Morgan fingerprint density at radius 1 is 0.964 bits per heavy atom. The predicted octanol–water partition coefficient (Wildman–Crippen LogP) is 3.00. The summed E-state index contributed by atoms with van der Waals surface area (Å²) >= 11 is 6.11. The van der Waals surface area contributed by atoms with Crippen LogP contribution >= 0.6 is 11.6 Å². The zero-order chi connectivity index (χ0) is 19.3. The van der Waals surface area contributed by atoms with Crippen molar-refractivity contribution in [2.75, 3.05) is 48.4 Å². The second-order valence-corrected chi connectivity index (χ2v) is 6.69. The van der Waals surface area contributed by atoms with Gasteiger partial charge in [0.1, 0.15) is 23.7 Å². The molecule has 3 heterocycles. The van der Waals surface area contributed by atoms with Gasteiger partial charge in [0, 0.05) is 49.7 Å². The summed E-state index contributed by atoms with van der Waals surface area (Å²) in [6, 6.07) is 9.16. The number of piperazine rings is 1. The van der Waals surface area contributed by atoms with E-state index < -0.39 is 0 Å². The Balaban J connectivity index is 1.45. The van der Waals surface area contributed by atoms with Gasteiger partial charge in [-0.2, -0.15) is 0 Å². The first kappa shape index (κ1) is 18.2. The van der Waals surface area contributed by atoms with Gasteiger partial charge in [-0.1, -0.05) is 11.6 Å². The van der Waals surface area contributed by atoms with Crippen molar-refractivity contribution in [3.05, 3.63) is 54.1 Å². The van der Waals surface area contributed by atoms with Crippen LogP contribution in [0.2, 0.25) is 5.02 Å². The number of nitrogens with one attached hydrogen (secondary N) is 1. The number of hydrogen-bond acceptors (Lipinski definition) is 8. The molecule has 4 rings (SSSR count). The van der Waals surface area contributed by atoms with E-state index in [1.165, 1.54) is 0 Å². The van der Waals surface area contributed by atoms with Crippen LogP contribution in [0, 0.1) is 0 Å². The van der Waals surface area contributed by atoms with Crippen LogP contribution in [0.25, 0.3) is 0 Å². The molecule has 0 amide bonds. The minimum atomic E-state index is 0.622. The van der Waals surface area contributed by atoms with E-state index in [0.717, 1.165) is 43.6 Å². The Kier molecular flexibility index (Phi) is 5.38. The summed E-state index contributed by atoms with van der Waals surface area (Å²) in [5.74, 6) is 3.01. The molecule has 0 unspecified atom stereocenters. The molecule has 8 nitrogen and oxygen atoms in total. The zero-order valence-corrected chi connectivity index (χ0v) is 16.2. The molecule has 1 aliphatic rings. The first-order valence-electron chi connectivity index (χ1n) is 8.92. The fraction of sp³-hybridized carbons (Fsp3) is 0.263. The lowest BCUT2D eigenvalue weighted by Gasteiger charge is -2.35. The van der Waals surface area contributed by atoms with Crippen molar-refractivity contribution in [2.24, 2.45) is 0 Å². The van der Waals surface area contributed by atoms with Crippen molar-refractivity contribution in [1.82, 2.24) is 19.9 Å². The molecular weight excluding hydrogens is 378 g/mol. The average molecular weight is 398 g/mol. The molecule has 9 heteroatoms. The number of ether oxygens (including phenoxy) is 1. The van der Waals surface area contributed by atoms with Crippen molar-refractivity contribution < 1.29 is 4.74 Å². The van der Waals surface area contributed by atoms with Gasteiger partial charge in [-0.25, -0.2) is 19.9 Å². The van der Waals surface area contributed by atoms with Crippen molar-refractivity contribution in [3.8, 4) is 5.75 Å². The summed E-state index contributed by atoms with van der Waals surface area (Å²) in [5.41, 5.74) is 0.755. The Morgan fingerprint density at radius 2 is 1.71 bits per heavy atom. The highest BCUT2D eigenvalue weighted by atomic mass is 35.5. The molecule has 28 heavy (non-hydrogen) atoms. The molecule has 1 saturated heterocycles. The zero-order valence-electron chi connectivity index (χ0n) is 15.4. The Morgan fingerprint density at radius 3 is 2.46 bits per heavy atom. The molecule has 0 aliphatic carbocycles. The first-order chi connectivity index (χ1) is 13.7. The molecule has 0 spiro atoms. The number of methoxy groups -OCH3 is 1. The van der Waals surface area contributed by atoms with Crippen molar-refractivity contribution in [1.29, 1.82) is 0 Å². The summed E-state index contributed by atoms with van der Waals surface area (Å²) in [5, 5.41) is 3.88. The number of benzene rings is 1. The highest BCUT2D eigenvalue weighted by Crippen LogP contribution is 2.30. The van der Waals surface area contributed by atoms with E-state index in [-0.39, 0.29) is 0 Å². The van der Waals surface area contributed by atoms with E-state index in [1.807, 2.05) is 18.2 Å². The highest BCUT2D eigenvalue weighted by molar-refractivity contribution is 6.31. The standard InChI is InChI=1S/C19H20ClN7O/c1-28-16-4-3-14(20)11-15(16)25-17-12-18(24-13-23-17)26-7-9-27(10-8-26)19-21-5-2-6-22-19/h2-6,11-13H,7-10H2,1H3,(H,23,24,25). The largest absolute Gasteiger partial charge is 0.495 e. The maximum Gasteiger partial charge on any atom is 0.225 e. The minimum absolute atomic E-state index is 0.622. The Hall–Kier alpha value is -3.13. The number of halogens is 1. The summed E-state index contributed by atoms with van der Waals surface area (Å²) < 4.78 is 5.38. The summed E-state index contributed by atoms with van der Waals surface area (Å²) in [6.07, 6.45) is 5.09. The fourth-order valence-electron chi connectivity index (χ4n) is 3.09. The number of anilines is 4. The van der Waals surface area contributed by atoms with Gasteiger partial charge in [-0.3, -0.25) is 0 Å². The summed E-state index contributed by atoms with van der Waals surface area (Å²) in [4.78, 5) is 21.8. The van der Waals surface area contributed by atoms with Crippen LogP contribution in [-0.4, -0.2) is 53.2 Å². The maximum atomic E-state index is 6.11. The minimum Gasteiger partial charge on any atom is -0.495 e. The van der Waals surface area contributed by atoms with E-state index >= 15 is 0 Å². The molecule has 1 N–H and O–H groups in total. The molecule has 1 fully saturated rings. The second kappa shape index (κ2) is 8.26. The lowest BCUT2D eigenvalue weighted by atomic mass is 10.3. The van der Waals surface area contributed by atoms with E-state index in [0.29, 0.717) is 16.6 Å². The highest BCUT2D eigenvalue weighted by Gasteiger charge is 2.20. The fourth-order valence-corrected chi connectivity index (χ4v) is 3.27. The van der Waals surface area contributed by atoms with Gasteiger partial charge >= 0.3 is 0 Å². The van der Waals surface area contributed by atoms with Gasteiger partial charge in [0.15, 0.2) is 0 Å². The van der Waals surface area contributed by atoms with Gasteiger partial charge in [0.25, 0.3) is 0 Å². The van der Waals surface area contributed by atoms with Crippen LogP contribution < -0.4 is 19.9 Å². The third-order valence-electron chi connectivity index (χ3n) is 4.52. The van der Waals surface area contributed by atoms with Crippen LogP contribution in [0.3, 0.4) is 0 Å². The molecule has 144 valence electrons. The van der Waals surface area contributed by atoms with Gasteiger partial charge in [-0.15, -0.1) is 0 Å². The van der Waals surface area contributed by atoms with Gasteiger partial charge in [-0.05, 0) is 24.3 Å². The summed E-state index contributed by atoms with van der Waals surface area (Å²) in [6.45, 7) is 3.32. The van der Waals surface area contributed by atoms with E-state index in [9.17, 15) is 0 Å². The smallest absolute Gasteiger partial charge is 0.225 e. The number of rotatable bonds is 5. The number of hydrogen-bond donors (Lipinski definition) is 1. The quantitative estimate of drug-likeness (QED) is 0.703. The maximum absolute atomic E-state index is 6.11. The van der Waals surface area contributed by atoms with Gasteiger partial charge in [0.2, 0.25) is 5.95 Å². The molecule has 3 aromatic rings. The molecule has 0 bridgehead atoms. The predicted molar refractivity (Wildman–Crippen MR) is 110 cm³/mol. The average Bonchev–Trinajstić information content (AvgIpc) is 2.75. The van der Waals surface area contributed by atoms with Crippen LogP contribution in [0.15, 0.2) is 49.1 Å². The lowest BCUT2D eigenvalue weighted by molar-refractivity contribution is 0.417. The molecule has 1 aromatic carbocycles. The summed E-state index contributed by atoms with van der Waals surface area (Å²) in [7, 11) is 1.62. The molecule has 0 saturated carbocycles. The molecular formula is C19H20ClN7O.